The van der Waals surface area contributed by atoms with Gasteiger partial charge in [0.15, 0.2) is 0 Å². The molecule has 2 heterocycles. The van der Waals surface area contributed by atoms with Gasteiger partial charge >= 0.3 is 0 Å². The van der Waals surface area contributed by atoms with Gasteiger partial charge in [-0.25, -0.2) is 4.98 Å². The second-order valence-corrected chi connectivity index (χ2v) is 5.65. The highest BCUT2D eigenvalue weighted by atomic mass is 127. The number of amides is 1. The maximum atomic E-state index is 11.6. The molecule has 0 bridgehead atoms. The third kappa shape index (κ3) is 2.39. The number of halogens is 2. The summed E-state index contributed by atoms with van der Waals surface area (Å²) in [5.74, 6) is 0.754. The summed E-state index contributed by atoms with van der Waals surface area (Å²) in [6.45, 7) is 0.618. The Morgan fingerprint density at radius 1 is 1.67 bits per heavy atom. The van der Waals surface area contributed by atoms with E-state index in [1.54, 1.807) is 17.2 Å². The average Bonchev–Trinajstić information content (AvgIpc) is 2.45. The predicted octanol–water partition coefficient (Wildman–Crippen LogP) is 2.37. The van der Waals surface area contributed by atoms with E-state index in [1.807, 2.05) is 0 Å². The van der Waals surface area contributed by atoms with Crippen LogP contribution >= 0.6 is 46.8 Å². The van der Waals surface area contributed by atoms with Gasteiger partial charge in [-0.1, -0.05) is 11.6 Å². The van der Waals surface area contributed by atoms with E-state index >= 15 is 0 Å². The van der Waals surface area contributed by atoms with Crippen LogP contribution in [0.4, 0.5) is 5.82 Å². The molecule has 1 atom stereocenters. The van der Waals surface area contributed by atoms with Crippen LogP contribution in [0.1, 0.15) is 6.42 Å². The molecule has 1 aliphatic rings. The molecule has 3 nitrogen and oxygen atoms in total. The molecule has 1 aromatic heterocycles. The number of nitrogens with zero attached hydrogens (tertiary/aromatic N) is 2. The van der Waals surface area contributed by atoms with Gasteiger partial charge in [0.1, 0.15) is 5.82 Å². The lowest BCUT2D eigenvalue weighted by Gasteiger charge is -2.16. The lowest BCUT2D eigenvalue weighted by Crippen LogP contribution is -2.26. The van der Waals surface area contributed by atoms with Crippen LogP contribution in [0.2, 0.25) is 5.02 Å². The van der Waals surface area contributed by atoms with Gasteiger partial charge in [-0.3, -0.25) is 9.69 Å². The van der Waals surface area contributed by atoms with E-state index in [0.717, 1.165) is 3.57 Å². The smallest absolute Gasteiger partial charge is 0.229 e. The van der Waals surface area contributed by atoms with Crippen LogP contribution in [0.15, 0.2) is 12.3 Å². The maximum Gasteiger partial charge on any atom is 0.229 e. The monoisotopic (exact) mass is 354 g/mol. The number of pyridine rings is 1. The topological polar surface area (TPSA) is 33.2 Å². The zero-order valence-corrected chi connectivity index (χ0v) is 11.5. The summed E-state index contributed by atoms with van der Waals surface area (Å²) in [7, 11) is 0. The van der Waals surface area contributed by atoms with E-state index in [0.29, 0.717) is 23.8 Å². The van der Waals surface area contributed by atoms with E-state index in [4.69, 9.17) is 11.6 Å². The van der Waals surface area contributed by atoms with Gasteiger partial charge in [0, 0.05) is 24.4 Å². The van der Waals surface area contributed by atoms with Crippen molar-refractivity contribution >= 4 is 58.5 Å². The second kappa shape index (κ2) is 4.47. The van der Waals surface area contributed by atoms with Crippen LogP contribution in [0.5, 0.6) is 0 Å². The van der Waals surface area contributed by atoms with Crippen molar-refractivity contribution in [2.24, 2.45) is 0 Å². The molecule has 0 radical (unpaired) electrons. The Hall–Kier alpha value is -0.0100. The Morgan fingerprint density at radius 2 is 2.40 bits per heavy atom. The van der Waals surface area contributed by atoms with E-state index in [1.165, 1.54) is 0 Å². The van der Waals surface area contributed by atoms with Crippen molar-refractivity contribution in [1.29, 1.82) is 0 Å². The first-order valence-corrected chi connectivity index (χ1v) is 6.34. The Balaban J connectivity index is 2.34. The van der Waals surface area contributed by atoms with Crippen molar-refractivity contribution in [2.45, 2.75) is 11.7 Å². The summed E-state index contributed by atoms with van der Waals surface area (Å²) in [6, 6.07) is 1.80. The summed E-state index contributed by atoms with van der Waals surface area (Å²) in [6.07, 6.45) is 2.03. The largest absolute Gasteiger partial charge is 0.295 e. The molecule has 1 aliphatic heterocycles. The molecule has 0 spiro atoms. The molecule has 0 aromatic carbocycles. The number of carbonyl (C=O) groups excluding carboxylic acids is 1. The van der Waals surface area contributed by atoms with Crippen molar-refractivity contribution in [3.05, 3.63) is 20.9 Å². The van der Waals surface area contributed by atoms with Gasteiger partial charge in [-0.2, -0.15) is 12.6 Å². The van der Waals surface area contributed by atoms with E-state index < -0.39 is 0 Å². The first-order valence-electron chi connectivity index (χ1n) is 4.37. The normalized spacial score (nSPS) is 21.1. The highest BCUT2D eigenvalue weighted by Gasteiger charge is 2.30. The molecule has 1 saturated heterocycles. The molecular formula is C9H8ClIN2OS. The van der Waals surface area contributed by atoms with Crippen molar-refractivity contribution in [3.63, 3.8) is 0 Å². The van der Waals surface area contributed by atoms with Gasteiger partial charge in [0.25, 0.3) is 0 Å². The SMILES string of the molecule is O=C1CC(S)CN1c1ncc(Cl)cc1I. The first kappa shape index (κ1) is 11.5. The molecule has 6 heteroatoms. The number of thiol groups is 1. The number of hydrogen-bond acceptors (Lipinski definition) is 3. The Kier molecular flexibility index (Phi) is 3.42. The minimum Gasteiger partial charge on any atom is -0.295 e. The lowest BCUT2D eigenvalue weighted by molar-refractivity contribution is -0.117. The molecule has 15 heavy (non-hydrogen) atoms. The van der Waals surface area contributed by atoms with Crippen LogP contribution in [0.25, 0.3) is 0 Å². The maximum absolute atomic E-state index is 11.6. The summed E-state index contributed by atoms with van der Waals surface area (Å²) >= 11 is 12.2. The molecular weight excluding hydrogens is 347 g/mol. The van der Waals surface area contributed by atoms with Crippen molar-refractivity contribution in [2.75, 3.05) is 11.4 Å². The van der Waals surface area contributed by atoms with Crippen LogP contribution in [-0.2, 0) is 4.79 Å². The summed E-state index contributed by atoms with van der Waals surface area (Å²) in [5.41, 5.74) is 0. The molecule has 1 unspecified atom stereocenters. The number of rotatable bonds is 1. The number of aromatic nitrogens is 1. The van der Waals surface area contributed by atoms with Gasteiger partial charge in [-0.15, -0.1) is 0 Å². The summed E-state index contributed by atoms with van der Waals surface area (Å²) in [5, 5.41) is 0.683. The fourth-order valence-electron chi connectivity index (χ4n) is 1.50. The first-order chi connectivity index (χ1) is 7.08. The lowest BCUT2D eigenvalue weighted by atomic mass is 10.4. The fraction of sp³-hybridized carbons (Fsp3) is 0.333. The van der Waals surface area contributed by atoms with Gasteiger partial charge < -0.3 is 0 Å². The molecule has 0 N–H and O–H groups in total. The predicted molar refractivity (Wildman–Crippen MR) is 71.7 cm³/mol. The minimum atomic E-state index is 0.0720. The van der Waals surface area contributed by atoms with E-state index in [-0.39, 0.29) is 11.2 Å². The van der Waals surface area contributed by atoms with Gasteiger partial charge in [-0.05, 0) is 28.7 Å². The zero-order chi connectivity index (χ0) is 11.0. The number of anilines is 1. The zero-order valence-electron chi connectivity index (χ0n) is 7.65. The standard InChI is InChI=1S/C9H8ClIN2OS/c10-5-1-7(11)9(12-3-5)13-4-6(15)2-8(13)14/h1,3,6,15H,2,4H2. The summed E-state index contributed by atoms with van der Waals surface area (Å²) in [4.78, 5) is 17.5. The van der Waals surface area contributed by atoms with Crippen LogP contribution in [0.3, 0.4) is 0 Å². The summed E-state index contributed by atoms with van der Waals surface area (Å²) < 4.78 is 0.885. The van der Waals surface area contributed by atoms with Crippen LogP contribution in [0, 0.1) is 3.57 Å². The van der Waals surface area contributed by atoms with Crippen molar-refractivity contribution < 1.29 is 4.79 Å². The Bertz CT molecular complexity index is 415. The van der Waals surface area contributed by atoms with Crippen LogP contribution < -0.4 is 4.90 Å². The minimum absolute atomic E-state index is 0.0720. The third-order valence-corrected chi connectivity index (χ3v) is 3.50. The molecule has 0 aliphatic carbocycles. The van der Waals surface area contributed by atoms with Gasteiger partial charge in [0.2, 0.25) is 5.91 Å². The van der Waals surface area contributed by atoms with Crippen LogP contribution in [-0.4, -0.2) is 22.7 Å². The molecule has 1 fully saturated rings. The molecule has 80 valence electrons. The number of carbonyl (C=O) groups is 1. The van der Waals surface area contributed by atoms with Gasteiger partial charge in [0.05, 0.1) is 8.59 Å². The quantitative estimate of drug-likeness (QED) is 0.620. The van der Waals surface area contributed by atoms with E-state index in [9.17, 15) is 4.79 Å². The highest BCUT2D eigenvalue weighted by Crippen LogP contribution is 2.27. The molecule has 1 aromatic rings. The van der Waals surface area contributed by atoms with Crippen molar-refractivity contribution in [1.82, 2.24) is 4.98 Å². The third-order valence-electron chi connectivity index (χ3n) is 2.15. The second-order valence-electron chi connectivity index (χ2n) is 3.32. The molecule has 1 amide bonds. The fourth-order valence-corrected chi connectivity index (χ4v) is 2.93. The van der Waals surface area contributed by atoms with Crippen molar-refractivity contribution in [3.8, 4) is 0 Å². The average molecular weight is 355 g/mol. The molecule has 2 rings (SSSR count). The molecule has 0 saturated carbocycles. The van der Waals surface area contributed by atoms with E-state index in [2.05, 4.69) is 40.2 Å². The highest BCUT2D eigenvalue weighted by molar-refractivity contribution is 14.1. The number of hydrogen-bond donors (Lipinski definition) is 1. The Labute approximate surface area is 112 Å². The Morgan fingerprint density at radius 3 is 2.93 bits per heavy atom.